The molecule has 0 aliphatic rings. The zero-order valence-corrected chi connectivity index (χ0v) is 14.8. The molecule has 0 aliphatic heterocycles. The molecule has 0 unspecified atom stereocenters. The summed E-state index contributed by atoms with van der Waals surface area (Å²) in [5.41, 5.74) is 4.41. The molecule has 0 radical (unpaired) electrons. The summed E-state index contributed by atoms with van der Waals surface area (Å²) in [4.78, 5) is 34.9. The molecule has 0 bridgehead atoms. The number of aryl methyl sites for hydroxylation is 1. The Morgan fingerprint density at radius 3 is 2.38 bits per heavy atom. The maximum absolute atomic E-state index is 11.8. The fraction of sp³-hybridized carbons (Fsp3) is 0.111. The van der Waals surface area contributed by atoms with Crippen LogP contribution in [0.2, 0.25) is 5.02 Å². The second-order valence-electron chi connectivity index (χ2n) is 5.23. The summed E-state index contributed by atoms with van der Waals surface area (Å²) in [7, 11) is 1.29. The lowest BCUT2D eigenvalue weighted by Crippen LogP contribution is -2.32. The molecule has 2 aromatic carbocycles. The van der Waals surface area contributed by atoms with Gasteiger partial charge in [-0.05, 0) is 42.3 Å². The van der Waals surface area contributed by atoms with E-state index >= 15 is 0 Å². The minimum Gasteiger partial charge on any atom is -0.465 e. The van der Waals surface area contributed by atoms with Crippen molar-refractivity contribution in [3.05, 3.63) is 64.2 Å². The van der Waals surface area contributed by atoms with Gasteiger partial charge in [-0.15, -0.1) is 0 Å². The highest BCUT2D eigenvalue weighted by molar-refractivity contribution is 6.39. The molecule has 0 aromatic heterocycles. The third-order valence-corrected chi connectivity index (χ3v) is 3.75. The van der Waals surface area contributed by atoms with Gasteiger partial charge in [0.1, 0.15) is 0 Å². The van der Waals surface area contributed by atoms with Crippen LogP contribution in [0.25, 0.3) is 0 Å². The summed E-state index contributed by atoms with van der Waals surface area (Å²) < 4.78 is 4.60. The van der Waals surface area contributed by atoms with Crippen molar-refractivity contribution in [1.82, 2.24) is 5.43 Å². The molecule has 0 saturated heterocycles. The highest BCUT2D eigenvalue weighted by Gasteiger charge is 2.13. The first-order chi connectivity index (χ1) is 12.4. The van der Waals surface area contributed by atoms with Gasteiger partial charge < -0.3 is 10.1 Å². The number of halogens is 1. The lowest BCUT2D eigenvalue weighted by Gasteiger charge is -2.05. The van der Waals surface area contributed by atoms with E-state index in [4.69, 9.17) is 11.6 Å². The van der Waals surface area contributed by atoms with Crippen LogP contribution in [0.1, 0.15) is 21.5 Å². The number of methoxy groups -OCH3 is 1. The second kappa shape index (κ2) is 8.77. The second-order valence-corrected chi connectivity index (χ2v) is 5.64. The van der Waals surface area contributed by atoms with E-state index in [9.17, 15) is 14.4 Å². The van der Waals surface area contributed by atoms with Crippen LogP contribution in [-0.4, -0.2) is 31.1 Å². The number of esters is 1. The van der Waals surface area contributed by atoms with Gasteiger partial charge in [-0.2, -0.15) is 5.10 Å². The Kier molecular flexibility index (Phi) is 6.46. The van der Waals surface area contributed by atoms with Gasteiger partial charge in [0, 0.05) is 10.7 Å². The van der Waals surface area contributed by atoms with Crippen LogP contribution < -0.4 is 10.7 Å². The zero-order chi connectivity index (χ0) is 19.1. The number of amides is 2. The number of anilines is 1. The van der Waals surface area contributed by atoms with Crippen molar-refractivity contribution in [2.24, 2.45) is 5.10 Å². The van der Waals surface area contributed by atoms with E-state index in [1.165, 1.54) is 13.3 Å². The van der Waals surface area contributed by atoms with Gasteiger partial charge in [0.05, 0.1) is 18.9 Å². The molecule has 0 spiro atoms. The van der Waals surface area contributed by atoms with E-state index in [-0.39, 0.29) is 0 Å². The quantitative estimate of drug-likeness (QED) is 0.372. The van der Waals surface area contributed by atoms with E-state index in [0.717, 1.165) is 5.56 Å². The van der Waals surface area contributed by atoms with Crippen molar-refractivity contribution >= 4 is 41.3 Å². The number of carbonyl (C=O) groups is 3. The predicted octanol–water partition coefficient (Wildman–Crippen LogP) is 2.52. The Labute approximate surface area is 155 Å². The molecule has 0 saturated carbocycles. The Morgan fingerprint density at radius 2 is 1.77 bits per heavy atom. The minimum atomic E-state index is -0.927. The van der Waals surface area contributed by atoms with Gasteiger partial charge in [-0.3, -0.25) is 9.59 Å². The Morgan fingerprint density at radius 1 is 1.08 bits per heavy atom. The van der Waals surface area contributed by atoms with Crippen LogP contribution in [0.15, 0.2) is 47.6 Å². The molecule has 134 valence electrons. The third-order valence-electron chi connectivity index (χ3n) is 3.35. The molecule has 2 N–H and O–H groups in total. The molecule has 0 fully saturated rings. The van der Waals surface area contributed by atoms with E-state index in [1.807, 2.05) is 6.92 Å². The minimum absolute atomic E-state index is 0.393. The number of hydrazone groups is 1. The fourth-order valence-electron chi connectivity index (χ4n) is 1.90. The molecule has 7 nitrogen and oxygen atoms in total. The number of nitrogens with zero attached hydrogens (tertiary/aromatic N) is 1. The highest BCUT2D eigenvalue weighted by atomic mass is 35.5. The summed E-state index contributed by atoms with van der Waals surface area (Å²) in [6.07, 6.45) is 1.34. The predicted molar refractivity (Wildman–Crippen MR) is 98.3 cm³/mol. The maximum atomic E-state index is 11.8. The monoisotopic (exact) mass is 373 g/mol. The average molecular weight is 374 g/mol. The molecule has 26 heavy (non-hydrogen) atoms. The number of ether oxygens (including phenoxy) is 1. The van der Waals surface area contributed by atoms with E-state index in [0.29, 0.717) is 21.8 Å². The molecule has 0 aliphatic carbocycles. The van der Waals surface area contributed by atoms with Crippen molar-refractivity contribution in [2.45, 2.75) is 6.92 Å². The molecular weight excluding hydrogens is 358 g/mol. The third kappa shape index (κ3) is 5.15. The molecule has 2 rings (SSSR count). The summed E-state index contributed by atoms with van der Waals surface area (Å²) >= 11 is 5.96. The van der Waals surface area contributed by atoms with Gasteiger partial charge in [0.15, 0.2) is 0 Å². The number of nitrogens with one attached hydrogen (secondary N) is 2. The molecule has 2 amide bonds. The first-order valence-corrected chi connectivity index (χ1v) is 7.87. The molecule has 8 heteroatoms. The smallest absolute Gasteiger partial charge is 0.337 e. The highest BCUT2D eigenvalue weighted by Crippen LogP contribution is 2.19. The first-order valence-electron chi connectivity index (χ1n) is 7.49. The number of carbonyl (C=O) groups excluding carboxylic acids is 3. The van der Waals surface area contributed by atoms with Gasteiger partial charge in [-0.1, -0.05) is 29.8 Å². The van der Waals surface area contributed by atoms with E-state index < -0.39 is 17.8 Å². The van der Waals surface area contributed by atoms with Crippen LogP contribution in [0, 0.1) is 6.92 Å². The van der Waals surface area contributed by atoms with E-state index in [2.05, 4.69) is 20.6 Å². The lowest BCUT2D eigenvalue weighted by atomic mass is 10.1. The van der Waals surface area contributed by atoms with Crippen molar-refractivity contribution < 1.29 is 19.1 Å². The zero-order valence-electron chi connectivity index (χ0n) is 14.1. The van der Waals surface area contributed by atoms with Crippen LogP contribution in [-0.2, 0) is 14.3 Å². The molecule has 0 heterocycles. The maximum Gasteiger partial charge on any atom is 0.337 e. The number of hydrogen-bond donors (Lipinski definition) is 2. The van der Waals surface area contributed by atoms with Crippen molar-refractivity contribution in [1.29, 1.82) is 0 Å². The van der Waals surface area contributed by atoms with Crippen molar-refractivity contribution in [3.8, 4) is 0 Å². The number of benzene rings is 2. The largest absolute Gasteiger partial charge is 0.465 e. The Bertz CT molecular complexity index is 863. The number of hydrogen-bond acceptors (Lipinski definition) is 5. The van der Waals surface area contributed by atoms with Crippen LogP contribution in [0.4, 0.5) is 5.69 Å². The molecule has 2 aromatic rings. The normalized spacial score (nSPS) is 10.4. The van der Waals surface area contributed by atoms with Gasteiger partial charge in [0.25, 0.3) is 0 Å². The number of rotatable bonds is 4. The van der Waals surface area contributed by atoms with Gasteiger partial charge in [0.2, 0.25) is 0 Å². The van der Waals surface area contributed by atoms with Crippen LogP contribution >= 0.6 is 11.6 Å². The topological polar surface area (TPSA) is 96.9 Å². The van der Waals surface area contributed by atoms with Gasteiger partial charge >= 0.3 is 17.8 Å². The first kappa shape index (κ1) is 19.1. The summed E-state index contributed by atoms with van der Waals surface area (Å²) in [5, 5.41) is 6.61. The van der Waals surface area contributed by atoms with Gasteiger partial charge in [-0.25, -0.2) is 10.2 Å². The summed E-state index contributed by atoms with van der Waals surface area (Å²) in [5.74, 6) is -2.25. The fourth-order valence-corrected chi connectivity index (χ4v) is 2.08. The van der Waals surface area contributed by atoms with Crippen molar-refractivity contribution in [3.63, 3.8) is 0 Å². The summed E-state index contributed by atoms with van der Waals surface area (Å²) in [6, 6.07) is 11.3. The SMILES string of the molecule is COC(=O)c1ccc(C=NNC(=O)C(=O)Nc2ccc(C)c(Cl)c2)cc1. The Balaban J connectivity index is 1.90. The van der Waals surface area contributed by atoms with Crippen LogP contribution in [0.3, 0.4) is 0 Å². The lowest BCUT2D eigenvalue weighted by molar-refractivity contribution is -0.136. The Hall–Kier alpha value is -3.19. The van der Waals surface area contributed by atoms with Crippen LogP contribution in [0.5, 0.6) is 0 Å². The average Bonchev–Trinajstić information content (AvgIpc) is 2.64. The standard InChI is InChI=1S/C18H16ClN3O4/c1-11-3-8-14(9-15(11)19)21-16(23)17(24)22-20-10-12-4-6-13(7-5-12)18(25)26-2/h3-10H,1-2H3,(H,21,23)(H,22,24). The molecule has 0 atom stereocenters. The van der Waals surface area contributed by atoms with E-state index in [1.54, 1.807) is 42.5 Å². The van der Waals surface area contributed by atoms with Crippen molar-refractivity contribution in [2.75, 3.05) is 12.4 Å². The molecular formula is C18H16ClN3O4. The summed E-state index contributed by atoms with van der Waals surface area (Å²) in [6.45, 7) is 1.83.